The molecule has 0 aliphatic heterocycles. The molecule has 22 heavy (non-hydrogen) atoms. The highest BCUT2D eigenvalue weighted by Gasteiger charge is 2.22. The van der Waals surface area contributed by atoms with E-state index in [0.717, 1.165) is 15.3 Å². The molecule has 2 heterocycles. The zero-order chi connectivity index (χ0) is 15.4. The average Bonchev–Trinajstić information content (AvgIpc) is 2.78. The van der Waals surface area contributed by atoms with Crippen molar-refractivity contribution in [2.24, 2.45) is 14.1 Å². The number of aromatic nitrogens is 2. The summed E-state index contributed by atoms with van der Waals surface area (Å²) in [6.45, 7) is 0. The number of hydrogen-bond donors (Lipinski definition) is 0. The van der Waals surface area contributed by atoms with Crippen LogP contribution < -0.4 is 15.8 Å². The molecule has 0 N–H and O–H groups in total. The van der Waals surface area contributed by atoms with E-state index in [2.05, 4.69) is 0 Å². The van der Waals surface area contributed by atoms with Gasteiger partial charge >= 0.3 is 17.0 Å². The number of benzene rings is 1. The van der Waals surface area contributed by atoms with Gasteiger partial charge in [0, 0.05) is 5.39 Å². The average molecular weight is 293 g/mol. The van der Waals surface area contributed by atoms with Gasteiger partial charge < -0.3 is 4.42 Å². The number of hydrogen-bond acceptors (Lipinski definition) is 3. The predicted molar refractivity (Wildman–Crippen MR) is 83.9 cm³/mol. The second kappa shape index (κ2) is 4.27. The molecule has 2 aromatic carbocycles. The first-order chi connectivity index (χ1) is 10.6. The number of aryl methyl sites for hydroxylation is 1. The van der Waals surface area contributed by atoms with E-state index < -0.39 is 5.69 Å². The van der Waals surface area contributed by atoms with Crippen LogP contribution in [0.15, 0.2) is 56.5 Å². The summed E-state index contributed by atoms with van der Waals surface area (Å²) in [6.07, 6.45) is 0. The molecule has 0 spiro atoms. The lowest BCUT2D eigenvalue weighted by atomic mass is 10.2. The van der Waals surface area contributed by atoms with Gasteiger partial charge in [0.15, 0.2) is 5.39 Å². The highest BCUT2D eigenvalue weighted by Crippen LogP contribution is 2.25. The van der Waals surface area contributed by atoms with Crippen molar-refractivity contribution in [2.45, 2.75) is 0 Å². The van der Waals surface area contributed by atoms with E-state index in [0.29, 0.717) is 22.1 Å². The summed E-state index contributed by atoms with van der Waals surface area (Å²) in [6, 6.07) is 13.6. The van der Waals surface area contributed by atoms with Crippen molar-refractivity contribution in [1.29, 1.82) is 0 Å². The molecule has 0 radical (unpaired) electrons. The van der Waals surface area contributed by atoms with Gasteiger partial charge in [-0.05, 0) is 22.9 Å². The Morgan fingerprint density at radius 2 is 1.77 bits per heavy atom. The summed E-state index contributed by atoms with van der Waals surface area (Å²) < 4.78 is 8.28. The van der Waals surface area contributed by atoms with E-state index in [1.54, 1.807) is 7.05 Å². The summed E-state index contributed by atoms with van der Waals surface area (Å²) in [7, 11) is 3.08. The number of nitrogens with zero attached hydrogens (tertiary/aromatic N) is 2. The van der Waals surface area contributed by atoms with Crippen molar-refractivity contribution in [3.63, 3.8) is 0 Å². The molecule has 2 aromatic heterocycles. The highest BCUT2D eigenvalue weighted by atomic mass is 16.3. The standard InChI is InChI=1S/C17H13N2O3/c1-18-15(20)14-12-8-7-10-5-3-4-6-11(10)9-13(12)22-16(14)19(2)17(18)21/h3-9H,1-2H3/q+1. The lowest BCUT2D eigenvalue weighted by Crippen LogP contribution is -2.54. The van der Waals surface area contributed by atoms with Crippen LogP contribution in [0, 0.1) is 0 Å². The van der Waals surface area contributed by atoms with Gasteiger partial charge in [-0.1, -0.05) is 30.3 Å². The van der Waals surface area contributed by atoms with Crippen molar-refractivity contribution in [3.8, 4) is 0 Å². The Morgan fingerprint density at radius 3 is 2.55 bits per heavy atom. The molecule has 4 rings (SSSR count). The number of fused-ring (bicyclic) bond motifs is 4. The highest BCUT2D eigenvalue weighted by molar-refractivity contribution is 6.04. The molecule has 0 saturated heterocycles. The van der Waals surface area contributed by atoms with Crippen LogP contribution in [0.5, 0.6) is 0 Å². The Bertz CT molecular complexity index is 1190. The van der Waals surface area contributed by atoms with Crippen LogP contribution in [0.3, 0.4) is 0 Å². The first kappa shape index (κ1) is 12.8. The van der Waals surface area contributed by atoms with Gasteiger partial charge in [0.25, 0.3) is 0 Å². The molecule has 0 atom stereocenters. The van der Waals surface area contributed by atoms with Crippen LogP contribution in [0.4, 0.5) is 0 Å². The van der Waals surface area contributed by atoms with Crippen molar-refractivity contribution in [2.75, 3.05) is 0 Å². The van der Waals surface area contributed by atoms with E-state index in [9.17, 15) is 9.59 Å². The summed E-state index contributed by atoms with van der Waals surface area (Å²) in [4.78, 5) is 24.5. The quantitative estimate of drug-likeness (QED) is 0.463. The van der Waals surface area contributed by atoms with E-state index in [1.807, 2.05) is 42.5 Å². The summed E-state index contributed by atoms with van der Waals surface area (Å²) in [5.41, 5.74) is 0.158. The molecular weight excluding hydrogens is 280 g/mol. The molecule has 0 unspecified atom stereocenters. The van der Waals surface area contributed by atoms with Crippen LogP contribution in [0.1, 0.15) is 0 Å². The molecule has 5 heteroatoms. The maximum Gasteiger partial charge on any atom is 0.503 e. The smallest absolute Gasteiger partial charge is 0.422 e. The van der Waals surface area contributed by atoms with Gasteiger partial charge in [0.05, 0.1) is 14.1 Å². The molecule has 0 aliphatic rings. The zero-order valence-electron chi connectivity index (χ0n) is 12.2. The lowest BCUT2D eigenvalue weighted by molar-refractivity contribution is -0.671. The Labute approximate surface area is 124 Å². The van der Waals surface area contributed by atoms with E-state index in [1.165, 1.54) is 11.6 Å². The Hall–Kier alpha value is -2.95. The first-order valence-electron chi connectivity index (χ1n) is 6.92. The Morgan fingerprint density at radius 1 is 1.05 bits per heavy atom. The fourth-order valence-electron chi connectivity index (χ4n) is 2.84. The van der Waals surface area contributed by atoms with Crippen LogP contribution in [0.25, 0.3) is 32.8 Å². The van der Waals surface area contributed by atoms with Gasteiger partial charge in [-0.15, -0.1) is 0 Å². The maximum atomic E-state index is 12.5. The molecular formula is C17H13N2O3+. The largest absolute Gasteiger partial charge is 0.503 e. The minimum absolute atomic E-state index is 0.304. The van der Waals surface area contributed by atoms with Crippen LogP contribution >= 0.6 is 0 Å². The summed E-state index contributed by atoms with van der Waals surface area (Å²) in [5, 5.41) is 3.21. The zero-order valence-corrected chi connectivity index (χ0v) is 12.2. The summed E-state index contributed by atoms with van der Waals surface area (Å²) in [5.74, 6) is 0. The third kappa shape index (κ3) is 1.56. The molecule has 0 aliphatic carbocycles. The minimum atomic E-state index is -0.397. The van der Waals surface area contributed by atoms with Gasteiger partial charge in [-0.2, -0.15) is 13.9 Å². The second-order valence-electron chi connectivity index (χ2n) is 5.37. The van der Waals surface area contributed by atoms with Gasteiger partial charge in [-0.25, -0.2) is 4.79 Å². The SMILES string of the molecule is Cn1c(=O)c2c3ccc4ccccc4cc3oc2[n+](C)c1=O. The third-order valence-electron chi connectivity index (χ3n) is 4.06. The van der Waals surface area contributed by atoms with Crippen LogP contribution in [-0.2, 0) is 14.1 Å². The van der Waals surface area contributed by atoms with Crippen molar-refractivity contribution in [1.82, 2.24) is 4.57 Å². The fraction of sp³-hybridized carbons (Fsp3) is 0.118. The molecule has 0 fully saturated rings. The second-order valence-corrected chi connectivity index (χ2v) is 5.37. The Balaban J connectivity index is 2.34. The Kier molecular flexibility index (Phi) is 2.48. The molecule has 0 saturated carbocycles. The molecule has 4 aromatic rings. The fourth-order valence-corrected chi connectivity index (χ4v) is 2.84. The van der Waals surface area contributed by atoms with Gasteiger partial charge in [0.1, 0.15) is 5.58 Å². The lowest BCUT2D eigenvalue weighted by Gasteiger charge is -1.92. The number of rotatable bonds is 0. The molecule has 5 nitrogen and oxygen atoms in total. The van der Waals surface area contributed by atoms with Gasteiger partial charge in [0.2, 0.25) is 0 Å². The van der Waals surface area contributed by atoms with E-state index in [4.69, 9.17) is 4.42 Å². The van der Waals surface area contributed by atoms with Gasteiger partial charge in [-0.3, -0.25) is 0 Å². The molecule has 108 valence electrons. The summed E-state index contributed by atoms with van der Waals surface area (Å²) >= 11 is 0. The van der Waals surface area contributed by atoms with Crippen molar-refractivity contribution < 1.29 is 8.98 Å². The van der Waals surface area contributed by atoms with E-state index in [-0.39, 0.29) is 5.56 Å². The maximum absolute atomic E-state index is 12.5. The number of furan rings is 1. The third-order valence-corrected chi connectivity index (χ3v) is 4.06. The van der Waals surface area contributed by atoms with Crippen LogP contribution in [-0.4, -0.2) is 4.57 Å². The van der Waals surface area contributed by atoms with Crippen molar-refractivity contribution in [3.05, 3.63) is 63.3 Å². The van der Waals surface area contributed by atoms with E-state index >= 15 is 0 Å². The molecule has 0 amide bonds. The van der Waals surface area contributed by atoms with Crippen LogP contribution in [0.2, 0.25) is 0 Å². The molecule has 0 bridgehead atoms. The van der Waals surface area contributed by atoms with Crippen molar-refractivity contribution >= 4 is 32.8 Å². The first-order valence-corrected chi connectivity index (χ1v) is 6.92. The monoisotopic (exact) mass is 293 g/mol. The topological polar surface area (TPSA) is 56.1 Å². The normalized spacial score (nSPS) is 11.5. The predicted octanol–water partition coefficient (Wildman–Crippen LogP) is 1.62. The minimum Gasteiger partial charge on any atom is -0.422 e.